The summed E-state index contributed by atoms with van der Waals surface area (Å²) in [5.74, 6) is -3.15. The Morgan fingerprint density at radius 1 is 1.20 bits per heavy atom. The first-order valence-corrected chi connectivity index (χ1v) is 13.8. The number of hydrogen-bond donors (Lipinski definition) is 3. The third-order valence-electron chi connectivity index (χ3n) is 7.08. The van der Waals surface area contributed by atoms with Crippen molar-refractivity contribution < 1.29 is 37.3 Å². The third-order valence-corrected chi connectivity index (χ3v) is 7.08. The Kier molecular flexibility index (Phi) is 12.7. The van der Waals surface area contributed by atoms with Crippen molar-refractivity contribution >= 4 is 17.7 Å². The number of unbranched alkanes of at least 4 members (excludes halogenated alkanes) is 1. The van der Waals surface area contributed by atoms with Gasteiger partial charge in [-0.3, -0.25) is 4.79 Å². The maximum Gasteiger partial charge on any atom is 0.326 e. The van der Waals surface area contributed by atoms with Crippen LogP contribution in [0.5, 0.6) is 5.75 Å². The van der Waals surface area contributed by atoms with Crippen LogP contribution in [0.4, 0.5) is 19.0 Å². The SMILES string of the molecule is COc1c(F)cc(F)cc1CC(=O)N[C@@H](CCN(CCCCc1ccc2c(n1)NCCC2)C[C@@H](CF)OC)C(=O)O. The minimum Gasteiger partial charge on any atom is -0.493 e. The lowest BCUT2D eigenvalue weighted by molar-refractivity contribution is -0.142. The Balaban J connectivity index is 1.55. The molecule has 1 amide bonds. The van der Waals surface area contributed by atoms with Crippen molar-refractivity contribution in [3.63, 3.8) is 0 Å². The van der Waals surface area contributed by atoms with Gasteiger partial charge in [-0.25, -0.2) is 22.9 Å². The lowest BCUT2D eigenvalue weighted by Crippen LogP contribution is -2.45. The van der Waals surface area contributed by atoms with E-state index in [0.717, 1.165) is 56.2 Å². The fourth-order valence-corrected chi connectivity index (χ4v) is 4.88. The van der Waals surface area contributed by atoms with E-state index in [2.05, 4.69) is 16.7 Å². The number of carbonyl (C=O) groups excluding carboxylic acids is 1. The molecule has 1 aromatic heterocycles. The molecule has 12 heteroatoms. The molecular formula is C29H39F3N4O5. The van der Waals surface area contributed by atoms with E-state index < -0.39 is 48.8 Å². The largest absolute Gasteiger partial charge is 0.493 e. The zero-order valence-corrected chi connectivity index (χ0v) is 23.6. The van der Waals surface area contributed by atoms with Crippen molar-refractivity contribution in [3.05, 3.63) is 52.7 Å². The number of rotatable bonds is 17. The fraction of sp³-hybridized carbons (Fsp3) is 0.552. The van der Waals surface area contributed by atoms with Crippen LogP contribution in [0.3, 0.4) is 0 Å². The number of ether oxygens (including phenoxy) is 2. The highest BCUT2D eigenvalue weighted by Crippen LogP contribution is 2.24. The highest BCUT2D eigenvalue weighted by Gasteiger charge is 2.24. The predicted molar refractivity (Wildman–Crippen MR) is 148 cm³/mol. The molecule has 0 spiro atoms. The smallest absolute Gasteiger partial charge is 0.326 e. The third kappa shape index (κ3) is 9.89. The van der Waals surface area contributed by atoms with Gasteiger partial charge in [-0.15, -0.1) is 0 Å². The van der Waals surface area contributed by atoms with Crippen LogP contribution in [-0.2, 0) is 33.6 Å². The summed E-state index contributed by atoms with van der Waals surface area (Å²) < 4.78 is 51.2. The number of hydrogen-bond acceptors (Lipinski definition) is 7. The number of halogens is 3. The monoisotopic (exact) mass is 580 g/mol. The summed E-state index contributed by atoms with van der Waals surface area (Å²) >= 11 is 0. The normalized spacial score (nSPS) is 14.2. The molecule has 0 bridgehead atoms. The van der Waals surface area contributed by atoms with E-state index in [-0.39, 0.29) is 30.8 Å². The highest BCUT2D eigenvalue weighted by molar-refractivity contribution is 5.85. The number of alkyl halides is 1. The number of carboxylic acid groups (broad SMARTS) is 1. The molecule has 0 radical (unpaired) electrons. The summed E-state index contributed by atoms with van der Waals surface area (Å²) in [6.07, 6.45) is 3.40. The van der Waals surface area contributed by atoms with E-state index in [4.69, 9.17) is 14.5 Å². The van der Waals surface area contributed by atoms with E-state index in [9.17, 15) is 27.9 Å². The van der Waals surface area contributed by atoms with Gasteiger partial charge in [0.1, 0.15) is 24.4 Å². The second-order valence-electron chi connectivity index (χ2n) is 10.1. The van der Waals surface area contributed by atoms with E-state index in [1.807, 2.05) is 11.0 Å². The van der Waals surface area contributed by atoms with Gasteiger partial charge in [-0.1, -0.05) is 6.07 Å². The number of carbonyl (C=O) groups is 2. The number of aromatic nitrogens is 1. The van der Waals surface area contributed by atoms with Gasteiger partial charge in [-0.05, 0) is 62.8 Å². The second-order valence-corrected chi connectivity index (χ2v) is 10.1. The number of carboxylic acids is 1. The minimum atomic E-state index is -1.26. The fourth-order valence-electron chi connectivity index (χ4n) is 4.88. The first-order valence-electron chi connectivity index (χ1n) is 13.8. The van der Waals surface area contributed by atoms with Crippen LogP contribution in [0.15, 0.2) is 24.3 Å². The van der Waals surface area contributed by atoms with Crippen LogP contribution in [0.2, 0.25) is 0 Å². The molecule has 41 heavy (non-hydrogen) atoms. The average molecular weight is 581 g/mol. The van der Waals surface area contributed by atoms with E-state index in [1.54, 1.807) is 0 Å². The summed E-state index contributed by atoms with van der Waals surface area (Å²) in [7, 11) is 2.61. The van der Waals surface area contributed by atoms with Crippen LogP contribution in [0.25, 0.3) is 0 Å². The number of aliphatic carboxylic acids is 1. The first-order chi connectivity index (χ1) is 19.7. The van der Waals surface area contributed by atoms with E-state index in [0.29, 0.717) is 12.6 Å². The zero-order valence-electron chi connectivity index (χ0n) is 23.6. The quantitative estimate of drug-likeness (QED) is 0.244. The molecule has 0 saturated heterocycles. The number of pyridine rings is 1. The molecule has 226 valence electrons. The molecule has 3 N–H and O–H groups in total. The molecule has 0 saturated carbocycles. The Bertz CT molecular complexity index is 1170. The van der Waals surface area contributed by atoms with Crippen LogP contribution in [-0.4, -0.2) is 86.1 Å². The molecule has 1 aromatic carbocycles. The number of aryl methyl sites for hydroxylation is 2. The molecule has 0 aliphatic carbocycles. The molecule has 2 aromatic rings. The maximum atomic E-state index is 14.0. The molecule has 1 aliphatic heterocycles. The summed E-state index contributed by atoms with van der Waals surface area (Å²) in [6, 6.07) is 4.51. The number of anilines is 1. The van der Waals surface area contributed by atoms with Gasteiger partial charge in [0.25, 0.3) is 0 Å². The second kappa shape index (κ2) is 16.2. The predicted octanol–water partition coefficient (Wildman–Crippen LogP) is 3.54. The average Bonchev–Trinajstić information content (AvgIpc) is 2.95. The summed E-state index contributed by atoms with van der Waals surface area (Å²) in [6.45, 7) is 1.32. The lowest BCUT2D eigenvalue weighted by atomic mass is 10.1. The van der Waals surface area contributed by atoms with Crippen LogP contribution >= 0.6 is 0 Å². The van der Waals surface area contributed by atoms with Crippen molar-refractivity contribution in [2.24, 2.45) is 0 Å². The van der Waals surface area contributed by atoms with Gasteiger partial charge >= 0.3 is 5.97 Å². The van der Waals surface area contributed by atoms with Crippen molar-refractivity contribution in [1.29, 1.82) is 0 Å². The Morgan fingerprint density at radius 2 is 2.00 bits per heavy atom. The van der Waals surface area contributed by atoms with Crippen molar-refractivity contribution in [3.8, 4) is 5.75 Å². The van der Waals surface area contributed by atoms with Crippen molar-refractivity contribution in [1.82, 2.24) is 15.2 Å². The van der Waals surface area contributed by atoms with Gasteiger partial charge in [0.15, 0.2) is 11.6 Å². The zero-order chi connectivity index (χ0) is 29.8. The molecule has 0 unspecified atom stereocenters. The van der Waals surface area contributed by atoms with E-state index >= 15 is 0 Å². The van der Waals surface area contributed by atoms with E-state index in [1.165, 1.54) is 19.8 Å². The topological polar surface area (TPSA) is 113 Å². The molecule has 3 rings (SSSR count). The lowest BCUT2D eigenvalue weighted by Gasteiger charge is -2.27. The number of methoxy groups -OCH3 is 2. The standard InChI is InChI=1S/C29H39F3N4O5/c1-40-23(17-30)18-36(12-4-3-7-22-9-8-19-6-5-11-33-28(19)34-22)13-10-25(29(38)39)35-26(37)15-20-14-21(31)16-24(32)27(20)41-2/h8-9,14,16,23,25H,3-7,10-13,15,17-18H2,1-2H3,(H,33,34)(H,35,37)(H,38,39)/t23-,25+/m1/s1. The Labute approximate surface area is 238 Å². The van der Waals surface area contributed by atoms with Gasteiger partial charge < -0.3 is 30.1 Å². The Hall–Kier alpha value is -3.38. The van der Waals surface area contributed by atoms with Crippen molar-refractivity contribution in [2.75, 3.05) is 52.4 Å². The van der Waals surface area contributed by atoms with Crippen LogP contribution < -0.4 is 15.4 Å². The molecule has 2 atom stereocenters. The maximum absolute atomic E-state index is 14.0. The van der Waals surface area contributed by atoms with Crippen LogP contribution in [0.1, 0.15) is 42.5 Å². The number of amides is 1. The summed E-state index contributed by atoms with van der Waals surface area (Å²) in [5, 5.41) is 15.5. The molecular weight excluding hydrogens is 541 g/mol. The Morgan fingerprint density at radius 3 is 2.71 bits per heavy atom. The van der Waals surface area contributed by atoms with Crippen LogP contribution in [0, 0.1) is 11.6 Å². The molecule has 0 fully saturated rings. The van der Waals surface area contributed by atoms with Gasteiger partial charge in [0.2, 0.25) is 5.91 Å². The summed E-state index contributed by atoms with van der Waals surface area (Å²) in [4.78, 5) is 31.1. The van der Waals surface area contributed by atoms with Gasteiger partial charge in [0.05, 0.1) is 19.6 Å². The van der Waals surface area contributed by atoms with Crippen molar-refractivity contribution in [2.45, 2.75) is 57.1 Å². The molecule has 1 aliphatic rings. The molecule has 9 nitrogen and oxygen atoms in total. The number of nitrogens with zero attached hydrogens (tertiary/aromatic N) is 2. The highest BCUT2D eigenvalue weighted by atomic mass is 19.1. The summed E-state index contributed by atoms with van der Waals surface area (Å²) in [5.41, 5.74) is 2.18. The number of nitrogens with one attached hydrogen (secondary N) is 2. The number of benzene rings is 1. The minimum absolute atomic E-state index is 0.0382. The van der Waals surface area contributed by atoms with Gasteiger partial charge in [-0.2, -0.15) is 0 Å². The first kappa shape index (κ1) is 32.1. The number of fused-ring (bicyclic) bond motifs is 1. The molecule has 2 heterocycles. The van der Waals surface area contributed by atoms with Gasteiger partial charge in [0, 0.05) is 44.1 Å².